The predicted octanol–water partition coefficient (Wildman–Crippen LogP) is 3.68. The van der Waals surface area contributed by atoms with Crippen LogP contribution in [0.15, 0.2) is 18.3 Å². The van der Waals surface area contributed by atoms with Crippen LogP contribution < -0.4 is 5.32 Å². The van der Waals surface area contributed by atoms with E-state index in [2.05, 4.69) is 10.3 Å². The summed E-state index contributed by atoms with van der Waals surface area (Å²) in [6.45, 7) is 1.61. The number of carbonyl (C=O) groups is 2. The molecule has 4 saturated carbocycles. The maximum atomic E-state index is 12.7. The van der Waals surface area contributed by atoms with E-state index in [1.165, 1.54) is 12.6 Å². The quantitative estimate of drug-likeness (QED) is 0.829. The number of carbonyl (C=O) groups excluding carboxylic acids is 2. The fraction of sp³-hybridized carbons (Fsp3) is 0.632. The fourth-order valence-corrected chi connectivity index (χ4v) is 5.41. The summed E-state index contributed by atoms with van der Waals surface area (Å²) in [4.78, 5) is 29.0. The molecule has 0 aliphatic heterocycles. The molecule has 5 rings (SSSR count). The maximum Gasteiger partial charge on any atom is 0.310 e. The molecule has 134 valence electrons. The van der Waals surface area contributed by atoms with E-state index >= 15 is 0 Å². The van der Waals surface area contributed by atoms with Gasteiger partial charge in [0.05, 0.1) is 10.9 Å². The molecular formula is C19H23ClN2O3. The minimum atomic E-state index is -0.831. The van der Waals surface area contributed by atoms with Gasteiger partial charge in [-0.15, -0.1) is 0 Å². The van der Waals surface area contributed by atoms with E-state index in [-0.39, 0.29) is 17.8 Å². The zero-order chi connectivity index (χ0) is 17.6. The van der Waals surface area contributed by atoms with Crippen LogP contribution in [0.3, 0.4) is 0 Å². The number of amides is 1. The molecule has 0 spiro atoms. The molecule has 0 unspecified atom stereocenters. The van der Waals surface area contributed by atoms with Crippen molar-refractivity contribution in [2.24, 2.45) is 29.6 Å². The van der Waals surface area contributed by atoms with Crippen molar-refractivity contribution in [3.63, 3.8) is 0 Å². The Morgan fingerprint density at radius 3 is 2.36 bits per heavy atom. The first-order chi connectivity index (χ1) is 12.0. The standard InChI is InChI=1S/C19H23ClN2O3/c1-10(18(23)22-16-3-2-15(20)9-21-16)25-19(24)17-13-5-11-4-12(7-13)8-14(17)6-11/h2-3,9-14,17H,4-8H2,1H3,(H,21,22,23)/t10-,11?,12?,13?,14?,17?/m1/s1. The third-order valence-corrected chi connectivity index (χ3v) is 6.36. The first-order valence-corrected chi connectivity index (χ1v) is 9.50. The van der Waals surface area contributed by atoms with E-state index in [4.69, 9.17) is 16.3 Å². The van der Waals surface area contributed by atoms with Gasteiger partial charge in [-0.3, -0.25) is 9.59 Å². The normalized spacial score (nSPS) is 33.8. The number of ether oxygens (including phenoxy) is 1. The summed E-state index contributed by atoms with van der Waals surface area (Å²) in [6.07, 6.45) is 6.60. The van der Waals surface area contributed by atoms with E-state index in [0.29, 0.717) is 22.7 Å². The summed E-state index contributed by atoms with van der Waals surface area (Å²) in [5.74, 6) is 2.34. The highest BCUT2D eigenvalue weighted by Crippen LogP contribution is 2.56. The van der Waals surface area contributed by atoms with Gasteiger partial charge >= 0.3 is 5.97 Å². The topological polar surface area (TPSA) is 68.3 Å². The van der Waals surface area contributed by atoms with Crippen molar-refractivity contribution in [1.29, 1.82) is 0 Å². The molecule has 4 aliphatic rings. The van der Waals surface area contributed by atoms with Gasteiger partial charge in [0, 0.05) is 6.20 Å². The number of anilines is 1. The van der Waals surface area contributed by atoms with Gasteiger partial charge in [-0.25, -0.2) is 4.98 Å². The van der Waals surface area contributed by atoms with Gasteiger partial charge in [0.2, 0.25) is 0 Å². The van der Waals surface area contributed by atoms with E-state index in [9.17, 15) is 9.59 Å². The fourth-order valence-electron chi connectivity index (χ4n) is 5.29. The molecule has 1 heterocycles. The number of rotatable bonds is 4. The van der Waals surface area contributed by atoms with Gasteiger partial charge in [-0.2, -0.15) is 0 Å². The molecule has 1 aromatic heterocycles. The van der Waals surface area contributed by atoms with Crippen molar-refractivity contribution in [3.05, 3.63) is 23.4 Å². The van der Waals surface area contributed by atoms with Gasteiger partial charge in [-0.1, -0.05) is 11.6 Å². The molecule has 5 nitrogen and oxygen atoms in total. The Kier molecular flexibility index (Phi) is 4.44. The van der Waals surface area contributed by atoms with Crippen LogP contribution in [-0.4, -0.2) is 23.0 Å². The lowest BCUT2D eigenvalue weighted by molar-refractivity contribution is -0.169. The number of hydrogen-bond donors (Lipinski definition) is 1. The zero-order valence-corrected chi connectivity index (χ0v) is 15.0. The van der Waals surface area contributed by atoms with Crippen LogP contribution in [0, 0.1) is 29.6 Å². The molecule has 4 bridgehead atoms. The first-order valence-electron chi connectivity index (χ1n) is 9.12. The van der Waals surface area contributed by atoms with Gasteiger partial charge in [-0.05, 0) is 74.8 Å². The van der Waals surface area contributed by atoms with Crippen LogP contribution >= 0.6 is 11.6 Å². The average molecular weight is 363 g/mol. The summed E-state index contributed by atoms with van der Waals surface area (Å²) in [5, 5.41) is 3.16. The van der Waals surface area contributed by atoms with Gasteiger partial charge in [0.25, 0.3) is 5.91 Å². The average Bonchev–Trinajstić information content (AvgIpc) is 2.55. The van der Waals surface area contributed by atoms with Gasteiger partial charge in [0.15, 0.2) is 6.10 Å². The Balaban J connectivity index is 1.35. The number of pyridine rings is 1. The minimum Gasteiger partial charge on any atom is -0.452 e. The van der Waals surface area contributed by atoms with Crippen molar-refractivity contribution in [2.75, 3.05) is 5.32 Å². The van der Waals surface area contributed by atoms with Gasteiger partial charge in [0.1, 0.15) is 5.82 Å². The largest absolute Gasteiger partial charge is 0.452 e. The molecule has 1 atom stereocenters. The second kappa shape index (κ2) is 6.60. The van der Waals surface area contributed by atoms with E-state index in [0.717, 1.165) is 37.5 Å². The molecule has 0 aromatic carbocycles. The molecule has 0 radical (unpaired) electrons. The second-order valence-electron chi connectivity index (χ2n) is 7.89. The molecule has 6 heteroatoms. The third kappa shape index (κ3) is 3.39. The van der Waals surface area contributed by atoms with Gasteiger partial charge < -0.3 is 10.1 Å². The first kappa shape index (κ1) is 16.8. The third-order valence-electron chi connectivity index (χ3n) is 6.14. The van der Waals surface area contributed by atoms with E-state index in [1.54, 1.807) is 19.1 Å². The van der Waals surface area contributed by atoms with Crippen molar-refractivity contribution in [3.8, 4) is 0 Å². The van der Waals surface area contributed by atoms with E-state index in [1.807, 2.05) is 0 Å². The zero-order valence-electron chi connectivity index (χ0n) is 14.3. The molecule has 4 fully saturated rings. The lowest BCUT2D eigenvalue weighted by Gasteiger charge is -2.53. The lowest BCUT2D eigenvalue weighted by atomic mass is 9.52. The van der Waals surface area contributed by atoms with E-state index < -0.39 is 6.10 Å². The smallest absolute Gasteiger partial charge is 0.310 e. The summed E-state index contributed by atoms with van der Waals surface area (Å²) in [5.41, 5.74) is 0. The summed E-state index contributed by atoms with van der Waals surface area (Å²) < 4.78 is 5.53. The van der Waals surface area contributed by atoms with Crippen LogP contribution in [0.2, 0.25) is 5.02 Å². The summed E-state index contributed by atoms with van der Waals surface area (Å²) in [6, 6.07) is 3.27. The molecule has 4 aliphatic carbocycles. The SMILES string of the molecule is C[C@@H](OC(=O)C1C2CC3CC(C2)CC1C3)C(=O)Nc1ccc(Cl)cn1. The Labute approximate surface area is 152 Å². The number of aromatic nitrogens is 1. The Bertz CT molecular complexity index is 648. The molecule has 1 aromatic rings. The van der Waals surface area contributed by atoms with Crippen molar-refractivity contribution in [2.45, 2.75) is 45.1 Å². The van der Waals surface area contributed by atoms with Crippen molar-refractivity contribution in [1.82, 2.24) is 4.98 Å². The second-order valence-corrected chi connectivity index (χ2v) is 8.32. The maximum absolute atomic E-state index is 12.7. The highest BCUT2D eigenvalue weighted by molar-refractivity contribution is 6.30. The molecule has 1 amide bonds. The molecule has 25 heavy (non-hydrogen) atoms. The van der Waals surface area contributed by atoms with Crippen molar-refractivity contribution < 1.29 is 14.3 Å². The number of halogens is 1. The summed E-state index contributed by atoms with van der Waals surface area (Å²) in [7, 11) is 0. The number of nitrogens with zero attached hydrogens (tertiary/aromatic N) is 1. The highest BCUT2D eigenvalue weighted by Gasteiger charge is 2.51. The monoisotopic (exact) mass is 362 g/mol. The minimum absolute atomic E-state index is 0.0169. The molecule has 0 saturated heterocycles. The number of esters is 1. The Hall–Kier alpha value is -1.62. The van der Waals surface area contributed by atoms with Crippen LogP contribution in [0.25, 0.3) is 0 Å². The van der Waals surface area contributed by atoms with Crippen LogP contribution in [0.1, 0.15) is 39.0 Å². The summed E-state index contributed by atoms with van der Waals surface area (Å²) >= 11 is 5.78. The predicted molar refractivity (Wildman–Crippen MR) is 94.0 cm³/mol. The van der Waals surface area contributed by atoms with Crippen LogP contribution in [0.4, 0.5) is 5.82 Å². The Morgan fingerprint density at radius 1 is 1.16 bits per heavy atom. The molecular weight excluding hydrogens is 340 g/mol. The Morgan fingerprint density at radius 2 is 1.80 bits per heavy atom. The van der Waals surface area contributed by atoms with Crippen LogP contribution in [0.5, 0.6) is 0 Å². The van der Waals surface area contributed by atoms with Crippen molar-refractivity contribution >= 4 is 29.3 Å². The molecule has 1 N–H and O–H groups in total. The number of hydrogen-bond acceptors (Lipinski definition) is 4. The van der Waals surface area contributed by atoms with Crippen LogP contribution in [-0.2, 0) is 14.3 Å². The highest BCUT2D eigenvalue weighted by atomic mass is 35.5. The lowest BCUT2D eigenvalue weighted by Crippen LogP contribution is -2.49. The number of nitrogens with one attached hydrogen (secondary N) is 1.